The Morgan fingerprint density at radius 2 is 0.745 bits per heavy atom. The molecule has 0 atom stereocenters. The van der Waals surface area contributed by atoms with Crippen molar-refractivity contribution in [2.75, 3.05) is 0 Å². The third-order valence-electron chi connectivity index (χ3n) is 10.9. The number of fused-ring (bicyclic) bond motifs is 10. The summed E-state index contributed by atoms with van der Waals surface area (Å²) in [5.41, 5.74) is 9.27. The Labute approximate surface area is 294 Å². The second-order valence-corrected chi connectivity index (χ2v) is 13.5. The maximum atomic E-state index is 6.56. The molecule has 11 rings (SSSR count). The van der Waals surface area contributed by atoms with Crippen LogP contribution in [-0.2, 0) is 0 Å². The van der Waals surface area contributed by atoms with E-state index in [2.05, 4.69) is 182 Å². The Bertz CT molecular complexity index is 3130. The summed E-state index contributed by atoms with van der Waals surface area (Å²) < 4.78 is 6.56. The van der Waals surface area contributed by atoms with Gasteiger partial charge in [-0.3, -0.25) is 0 Å². The van der Waals surface area contributed by atoms with E-state index >= 15 is 0 Å². The topological polar surface area (TPSA) is 13.1 Å². The Hall–Kier alpha value is -6.70. The van der Waals surface area contributed by atoms with Crippen molar-refractivity contribution in [2.24, 2.45) is 0 Å². The van der Waals surface area contributed by atoms with E-state index in [0.29, 0.717) is 0 Å². The Balaban J connectivity index is 1.24. The van der Waals surface area contributed by atoms with E-state index in [-0.39, 0.29) is 0 Å². The normalized spacial score (nSPS) is 11.9. The van der Waals surface area contributed by atoms with Crippen molar-refractivity contribution in [1.82, 2.24) is 0 Å². The van der Waals surface area contributed by atoms with Crippen LogP contribution < -0.4 is 0 Å². The standard InChI is InChI=1S/C50H30O/c1-2-13-31(14-3-1)33-21-10-22-35-36-23-11-24-39(38(36)29-28-37(33)35)47-40-17-6-8-19-42(40)48(43-20-9-7-18-41(43)47)44-25-12-26-45-50(44)49-34-16-5-4-15-32(34)27-30-46(49)51-45/h1-30H. The van der Waals surface area contributed by atoms with Gasteiger partial charge in [0.25, 0.3) is 0 Å². The summed E-state index contributed by atoms with van der Waals surface area (Å²) in [5, 5.41) is 14.8. The first kappa shape index (κ1) is 28.2. The molecule has 1 nitrogen and oxygen atoms in total. The van der Waals surface area contributed by atoms with E-state index in [1.165, 1.54) is 98.0 Å². The van der Waals surface area contributed by atoms with Crippen molar-refractivity contribution >= 4 is 75.8 Å². The molecule has 0 aliphatic heterocycles. The van der Waals surface area contributed by atoms with Gasteiger partial charge in [0.1, 0.15) is 11.2 Å². The fraction of sp³-hybridized carbons (Fsp3) is 0. The highest BCUT2D eigenvalue weighted by molar-refractivity contribution is 6.30. The molecule has 10 aromatic carbocycles. The van der Waals surface area contributed by atoms with E-state index in [9.17, 15) is 0 Å². The molecule has 51 heavy (non-hydrogen) atoms. The van der Waals surface area contributed by atoms with Crippen LogP contribution in [0.25, 0.3) is 109 Å². The number of benzene rings is 10. The van der Waals surface area contributed by atoms with Crippen LogP contribution in [0.2, 0.25) is 0 Å². The monoisotopic (exact) mass is 646 g/mol. The molecule has 0 radical (unpaired) electrons. The average Bonchev–Trinajstić information content (AvgIpc) is 3.60. The molecule has 0 fully saturated rings. The average molecular weight is 647 g/mol. The summed E-state index contributed by atoms with van der Waals surface area (Å²) >= 11 is 0. The molecule has 0 aliphatic carbocycles. The molecule has 1 heterocycles. The molecule has 0 unspecified atom stereocenters. The van der Waals surface area contributed by atoms with Crippen LogP contribution in [0.1, 0.15) is 0 Å². The summed E-state index contributed by atoms with van der Waals surface area (Å²) in [6, 6.07) is 66.2. The smallest absolute Gasteiger partial charge is 0.136 e. The molecular weight excluding hydrogens is 617 g/mol. The van der Waals surface area contributed by atoms with Crippen LogP contribution >= 0.6 is 0 Å². The fourth-order valence-electron chi connectivity index (χ4n) is 8.72. The second-order valence-electron chi connectivity index (χ2n) is 13.5. The highest BCUT2D eigenvalue weighted by atomic mass is 16.3. The van der Waals surface area contributed by atoms with E-state index in [0.717, 1.165) is 11.2 Å². The van der Waals surface area contributed by atoms with Gasteiger partial charge in [-0.15, -0.1) is 0 Å². The quantitative estimate of drug-likeness (QED) is 0.138. The lowest BCUT2D eigenvalue weighted by Crippen LogP contribution is -1.92. The van der Waals surface area contributed by atoms with Gasteiger partial charge in [0.2, 0.25) is 0 Å². The third kappa shape index (κ3) is 4.09. The fourth-order valence-corrected chi connectivity index (χ4v) is 8.72. The van der Waals surface area contributed by atoms with Crippen molar-refractivity contribution in [3.05, 3.63) is 182 Å². The third-order valence-corrected chi connectivity index (χ3v) is 10.9. The summed E-state index contributed by atoms with van der Waals surface area (Å²) in [5.74, 6) is 0. The molecule has 0 saturated heterocycles. The van der Waals surface area contributed by atoms with Crippen LogP contribution in [0.4, 0.5) is 0 Å². The molecule has 0 N–H and O–H groups in total. The zero-order chi connectivity index (χ0) is 33.5. The predicted molar refractivity (Wildman–Crippen MR) is 218 cm³/mol. The van der Waals surface area contributed by atoms with Gasteiger partial charge in [0, 0.05) is 10.8 Å². The Morgan fingerprint density at radius 1 is 0.255 bits per heavy atom. The molecule has 0 amide bonds. The lowest BCUT2D eigenvalue weighted by Gasteiger charge is -2.20. The molecule has 0 bridgehead atoms. The second kappa shape index (κ2) is 10.9. The minimum Gasteiger partial charge on any atom is -0.456 e. The molecule has 0 saturated carbocycles. The molecule has 11 aromatic rings. The van der Waals surface area contributed by atoms with Crippen molar-refractivity contribution in [3.8, 4) is 33.4 Å². The first-order chi connectivity index (χ1) is 25.3. The highest BCUT2D eigenvalue weighted by Crippen LogP contribution is 2.49. The highest BCUT2D eigenvalue weighted by Gasteiger charge is 2.22. The molecule has 0 aliphatic rings. The van der Waals surface area contributed by atoms with Crippen LogP contribution in [0.3, 0.4) is 0 Å². The minimum absolute atomic E-state index is 0.909. The van der Waals surface area contributed by atoms with Crippen molar-refractivity contribution < 1.29 is 4.42 Å². The van der Waals surface area contributed by atoms with E-state index < -0.39 is 0 Å². The summed E-state index contributed by atoms with van der Waals surface area (Å²) in [4.78, 5) is 0. The first-order valence-corrected chi connectivity index (χ1v) is 17.6. The zero-order valence-electron chi connectivity index (χ0n) is 27.7. The largest absolute Gasteiger partial charge is 0.456 e. The van der Waals surface area contributed by atoms with Gasteiger partial charge in [-0.2, -0.15) is 0 Å². The van der Waals surface area contributed by atoms with Crippen LogP contribution in [0, 0.1) is 0 Å². The van der Waals surface area contributed by atoms with Crippen molar-refractivity contribution in [3.63, 3.8) is 0 Å². The Morgan fingerprint density at radius 3 is 1.43 bits per heavy atom. The molecule has 1 heteroatoms. The van der Waals surface area contributed by atoms with Crippen molar-refractivity contribution in [2.45, 2.75) is 0 Å². The van der Waals surface area contributed by atoms with E-state index in [1.54, 1.807) is 0 Å². The Kier molecular flexibility index (Phi) is 6.02. The van der Waals surface area contributed by atoms with Crippen LogP contribution in [0.5, 0.6) is 0 Å². The summed E-state index contributed by atoms with van der Waals surface area (Å²) in [6.45, 7) is 0. The van der Waals surface area contributed by atoms with Gasteiger partial charge in [0.05, 0.1) is 0 Å². The van der Waals surface area contributed by atoms with Gasteiger partial charge in [-0.1, -0.05) is 170 Å². The molecule has 0 spiro atoms. The summed E-state index contributed by atoms with van der Waals surface area (Å²) in [6.07, 6.45) is 0. The van der Waals surface area contributed by atoms with Gasteiger partial charge in [0.15, 0.2) is 0 Å². The maximum Gasteiger partial charge on any atom is 0.136 e. The predicted octanol–water partition coefficient (Wildman–Crippen LogP) is 14.4. The van der Waals surface area contributed by atoms with Crippen LogP contribution in [0.15, 0.2) is 186 Å². The molecule has 1 aromatic heterocycles. The van der Waals surface area contributed by atoms with Gasteiger partial charge >= 0.3 is 0 Å². The van der Waals surface area contributed by atoms with Gasteiger partial charge in [-0.25, -0.2) is 0 Å². The van der Waals surface area contributed by atoms with Gasteiger partial charge in [-0.05, 0) is 99.4 Å². The van der Waals surface area contributed by atoms with E-state index in [4.69, 9.17) is 4.42 Å². The lowest BCUT2D eigenvalue weighted by molar-refractivity contribution is 0.669. The summed E-state index contributed by atoms with van der Waals surface area (Å²) in [7, 11) is 0. The molecule has 236 valence electrons. The SMILES string of the molecule is c1ccc(-c2cccc3c2ccc2c(-c4c5ccccc5c(-c5cccc6oc7ccc8ccccc8c7c56)c5ccccc45)cccc23)cc1. The number of hydrogen-bond acceptors (Lipinski definition) is 1. The lowest BCUT2D eigenvalue weighted by atomic mass is 9.83. The first-order valence-electron chi connectivity index (χ1n) is 17.6. The number of furan rings is 1. The van der Waals surface area contributed by atoms with Gasteiger partial charge < -0.3 is 4.42 Å². The number of rotatable bonds is 3. The number of hydrogen-bond donors (Lipinski definition) is 0. The minimum atomic E-state index is 0.909. The molecular formula is C50H30O. The maximum absolute atomic E-state index is 6.56. The van der Waals surface area contributed by atoms with E-state index in [1.807, 2.05) is 0 Å². The van der Waals surface area contributed by atoms with Crippen molar-refractivity contribution in [1.29, 1.82) is 0 Å². The van der Waals surface area contributed by atoms with Crippen LogP contribution in [-0.4, -0.2) is 0 Å². The zero-order valence-corrected chi connectivity index (χ0v) is 27.7.